The molecule has 78 valence electrons. The fraction of sp³-hybridized carbons (Fsp3) is 0.667. The highest BCUT2D eigenvalue weighted by Crippen LogP contribution is 2.15. The first-order chi connectivity index (χ1) is 6.90. The molecule has 0 radical (unpaired) electrons. The third kappa shape index (κ3) is 2.05. The highest BCUT2D eigenvalue weighted by atomic mass is 16.5. The van der Waals surface area contributed by atoms with Crippen LogP contribution in [0.2, 0.25) is 0 Å². The van der Waals surface area contributed by atoms with Crippen molar-refractivity contribution in [3.8, 4) is 0 Å². The number of anilines is 1. The molecular formula is C9H15N3O2. The van der Waals surface area contributed by atoms with E-state index in [9.17, 15) is 0 Å². The summed E-state index contributed by atoms with van der Waals surface area (Å²) in [5.74, 6) is 1.78. The van der Waals surface area contributed by atoms with Crippen molar-refractivity contribution < 1.29 is 9.26 Å². The largest absolute Gasteiger partial charge is 0.378 e. The second-order valence-corrected chi connectivity index (χ2v) is 3.28. The van der Waals surface area contributed by atoms with E-state index in [0.717, 1.165) is 44.4 Å². The van der Waals surface area contributed by atoms with Crippen LogP contribution in [0.25, 0.3) is 0 Å². The van der Waals surface area contributed by atoms with Crippen molar-refractivity contribution in [1.29, 1.82) is 0 Å². The summed E-state index contributed by atoms with van der Waals surface area (Å²) in [6, 6.07) is 1.97. The number of rotatable bonds is 3. The van der Waals surface area contributed by atoms with E-state index in [0.29, 0.717) is 0 Å². The Kier molecular flexibility index (Phi) is 3.00. The molecule has 0 atom stereocenters. The van der Waals surface area contributed by atoms with Crippen molar-refractivity contribution in [2.75, 3.05) is 38.3 Å². The molecular weight excluding hydrogens is 182 g/mol. The number of hydrogen-bond acceptors (Lipinski definition) is 5. The van der Waals surface area contributed by atoms with Gasteiger partial charge >= 0.3 is 0 Å². The Balaban J connectivity index is 2.00. The third-order valence-electron chi connectivity index (χ3n) is 2.23. The Morgan fingerprint density at radius 3 is 3.00 bits per heavy atom. The van der Waals surface area contributed by atoms with Crippen LogP contribution in [0.15, 0.2) is 10.6 Å². The van der Waals surface area contributed by atoms with Gasteiger partial charge in [-0.2, -0.15) is 0 Å². The minimum absolute atomic E-state index is 0.720. The highest BCUT2D eigenvalue weighted by molar-refractivity contribution is 5.38. The molecule has 0 aliphatic carbocycles. The zero-order valence-electron chi connectivity index (χ0n) is 8.32. The van der Waals surface area contributed by atoms with Gasteiger partial charge in [-0.15, -0.1) is 0 Å². The number of nitrogens with zero attached hydrogens (tertiary/aromatic N) is 2. The van der Waals surface area contributed by atoms with Crippen molar-refractivity contribution in [3.63, 3.8) is 0 Å². The molecule has 1 aromatic heterocycles. The van der Waals surface area contributed by atoms with E-state index in [-0.39, 0.29) is 0 Å². The van der Waals surface area contributed by atoms with Crippen LogP contribution in [-0.4, -0.2) is 38.5 Å². The summed E-state index contributed by atoms with van der Waals surface area (Å²) >= 11 is 0. The highest BCUT2D eigenvalue weighted by Gasteiger charge is 2.14. The molecule has 1 fully saturated rings. The minimum Gasteiger partial charge on any atom is -0.378 e. The second-order valence-electron chi connectivity index (χ2n) is 3.28. The average molecular weight is 197 g/mol. The Bertz CT molecular complexity index is 281. The molecule has 0 amide bonds. The molecule has 0 spiro atoms. The van der Waals surface area contributed by atoms with E-state index >= 15 is 0 Å². The van der Waals surface area contributed by atoms with Gasteiger partial charge in [0.2, 0.25) is 0 Å². The van der Waals surface area contributed by atoms with Crippen LogP contribution in [0.1, 0.15) is 5.76 Å². The minimum atomic E-state index is 0.720. The summed E-state index contributed by atoms with van der Waals surface area (Å²) < 4.78 is 10.4. The first-order valence-electron chi connectivity index (χ1n) is 4.83. The fourth-order valence-electron chi connectivity index (χ4n) is 1.50. The van der Waals surface area contributed by atoms with Gasteiger partial charge in [-0.25, -0.2) is 0 Å². The molecule has 1 aliphatic rings. The van der Waals surface area contributed by atoms with Crippen LogP contribution >= 0.6 is 0 Å². The van der Waals surface area contributed by atoms with Crippen LogP contribution in [0.5, 0.6) is 0 Å². The third-order valence-corrected chi connectivity index (χ3v) is 2.23. The topological polar surface area (TPSA) is 50.5 Å². The van der Waals surface area contributed by atoms with Crippen molar-refractivity contribution in [3.05, 3.63) is 11.8 Å². The van der Waals surface area contributed by atoms with Crippen LogP contribution in [-0.2, 0) is 11.3 Å². The predicted octanol–water partition coefficient (Wildman–Crippen LogP) is 0.231. The fourth-order valence-corrected chi connectivity index (χ4v) is 1.50. The molecule has 2 heterocycles. The SMILES string of the molecule is CNCc1cc(N2CCOCC2)no1. The first kappa shape index (κ1) is 9.48. The summed E-state index contributed by atoms with van der Waals surface area (Å²) in [5.41, 5.74) is 0. The lowest BCUT2D eigenvalue weighted by molar-refractivity contribution is 0.122. The van der Waals surface area contributed by atoms with Gasteiger partial charge in [-0.1, -0.05) is 5.16 Å². The molecule has 1 aliphatic heterocycles. The molecule has 1 N–H and O–H groups in total. The lowest BCUT2D eigenvalue weighted by Crippen LogP contribution is -2.36. The predicted molar refractivity (Wildman–Crippen MR) is 52.3 cm³/mol. The van der Waals surface area contributed by atoms with Gasteiger partial charge in [-0.05, 0) is 7.05 Å². The molecule has 1 aromatic rings. The Hall–Kier alpha value is -1.07. The average Bonchev–Trinajstić information content (AvgIpc) is 2.68. The van der Waals surface area contributed by atoms with Gasteiger partial charge in [-0.3, -0.25) is 0 Å². The van der Waals surface area contributed by atoms with E-state index in [4.69, 9.17) is 9.26 Å². The molecule has 0 bridgehead atoms. The molecule has 1 saturated heterocycles. The number of aromatic nitrogens is 1. The summed E-state index contributed by atoms with van der Waals surface area (Å²) in [6.45, 7) is 4.05. The first-order valence-corrected chi connectivity index (χ1v) is 4.83. The van der Waals surface area contributed by atoms with Crippen molar-refractivity contribution in [2.45, 2.75) is 6.54 Å². The van der Waals surface area contributed by atoms with Crippen molar-refractivity contribution in [2.24, 2.45) is 0 Å². The van der Waals surface area contributed by atoms with E-state index in [1.54, 1.807) is 0 Å². The Morgan fingerprint density at radius 1 is 1.50 bits per heavy atom. The molecule has 5 heteroatoms. The zero-order valence-corrected chi connectivity index (χ0v) is 8.32. The smallest absolute Gasteiger partial charge is 0.172 e. The van der Waals surface area contributed by atoms with E-state index in [1.807, 2.05) is 13.1 Å². The summed E-state index contributed by atoms with van der Waals surface area (Å²) in [4.78, 5) is 2.17. The van der Waals surface area contributed by atoms with E-state index < -0.39 is 0 Å². The molecule has 14 heavy (non-hydrogen) atoms. The lowest BCUT2D eigenvalue weighted by atomic mass is 10.4. The van der Waals surface area contributed by atoms with Gasteiger partial charge in [0.25, 0.3) is 0 Å². The maximum Gasteiger partial charge on any atom is 0.172 e. The summed E-state index contributed by atoms with van der Waals surface area (Å²) in [5, 5.41) is 7.04. The van der Waals surface area contributed by atoms with Gasteiger partial charge in [0, 0.05) is 19.2 Å². The molecule has 2 rings (SSSR count). The Morgan fingerprint density at radius 2 is 2.29 bits per heavy atom. The second kappa shape index (κ2) is 4.43. The normalized spacial score (nSPS) is 17.4. The number of hydrogen-bond donors (Lipinski definition) is 1. The van der Waals surface area contributed by atoms with Gasteiger partial charge in [0.1, 0.15) is 0 Å². The summed E-state index contributed by atoms with van der Waals surface area (Å²) in [7, 11) is 1.89. The molecule has 0 aromatic carbocycles. The molecule has 5 nitrogen and oxygen atoms in total. The monoisotopic (exact) mass is 197 g/mol. The zero-order chi connectivity index (χ0) is 9.80. The van der Waals surface area contributed by atoms with Gasteiger partial charge in [0.05, 0.1) is 19.8 Å². The lowest BCUT2D eigenvalue weighted by Gasteiger charge is -2.25. The quantitative estimate of drug-likeness (QED) is 0.751. The van der Waals surface area contributed by atoms with E-state index in [2.05, 4.69) is 15.4 Å². The number of ether oxygens (including phenoxy) is 1. The maximum atomic E-state index is 5.26. The molecule has 0 unspecified atom stereocenters. The van der Waals surface area contributed by atoms with Gasteiger partial charge < -0.3 is 19.5 Å². The number of morpholine rings is 1. The standard InChI is InChI=1S/C9H15N3O2/c1-10-7-8-6-9(11-14-8)12-2-4-13-5-3-12/h6,10H,2-5,7H2,1H3. The van der Waals surface area contributed by atoms with E-state index in [1.165, 1.54) is 0 Å². The number of nitrogens with one attached hydrogen (secondary N) is 1. The Labute approximate surface area is 83.0 Å². The van der Waals surface area contributed by atoms with Crippen LogP contribution in [0, 0.1) is 0 Å². The molecule has 0 saturated carbocycles. The van der Waals surface area contributed by atoms with Gasteiger partial charge in [0.15, 0.2) is 11.6 Å². The maximum absolute atomic E-state index is 5.26. The van der Waals surface area contributed by atoms with Crippen LogP contribution in [0.3, 0.4) is 0 Å². The van der Waals surface area contributed by atoms with Crippen molar-refractivity contribution >= 4 is 5.82 Å². The van der Waals surface area contributed by atoms with Crippen LogP contribution in [0.4, 0.5) is 5.82 Å². The van der Waals surface area contributed by atoms with Crippen molar-refractivity contribution in [1.82, 2.24) is 10.5 Å². The summed E-state index contributed by atoms with van der Waals surface area (Å²) in [6.07, 6.45) is 0. The van der Waals surface area contributed by atoms with Crippen LogP contribution < -0.4 is 10.2 Å².